The highest BCUT2D eigenvalue weighted by Gasteiger charge is 2.43. The van der Waals surface area contributed by atoms with Crippen molar-refractivity contribution in [2.24, 2.45) is 0 Å². The van der Waals surface area contributed by atoms with Crippen LogP contribution in [-0.2, 0) is 9.47 Å². The summed E-state index contributed by atoms with van der Waals surface area (Å²) in [7, 11) is 0. The van der Waals surface area contributed by atoms with Gasteiger partial charge in [-0.2, -0.15) is 0 Å². The molecule has 0 bridgehead atoms. The first-order chi connectivity index (χ1) is 16.0. The van der Waals surface area contributed by atoms with Gasteiger partial charge in [-0.05, 0) is 6.37 Å². The van der Waals surface area contributed by atoms with Gasteiger partial charge in [0.15, 0.2) is 6.29 Å². The van der Waals surface area contributed by atoms with E-state index >= 15 is 0 Å². The number of ether oxygens (including phenoxy) is 2. The highest BCUT2D eigenvalue weighted by atomic mass is 16.7. The monoisotopic (exact) mass is 309 g/mol. The minimum absolute atomic E-state index is 1.01. The average molecular weight is 309 g/mol. The molecule has 0 amide bonds. The molecule has 120 valence electrons. The summed E-state index contributed by atoms with van der Waals surface area (Å²) in [6.07, 6.45) is -36.8. The first-order valence-electron chi connectivity index (χ1n) is 14.0. The minimum Gasteiger partial charge on any atom is -0.394 e. The van der Waals surface area contributed by atoms with Crippen LogP contribution >= 0.6 is 0 Å². The fourth-order valence-electron chi connectivity index (χ4n) is 1.40. The van der Waals surface area contributed by atoms with Crippen LogP contribution in [0.4, 0.5) is 0 Å². The summed E-state index contributed by atoms with van der Waals surface area (Å²) in [5.74, 6) is 0. The third-order valence-corrected chi connectivity index (χ3v) is 2.39. The Labute approximate surface area is 144 Å². The second kappa shape index (κ2) is 9.65. The molecule has 1 fully saturated rings. The van der Waals surface area contributed by atoms with Gasteiger partial charge in [0, 0.05) is 27.1 Å². The molecular weight excluding hydrogens is 264 g/mol. The first kappa shape index (κ1) is 5.15. The van der Waals surface area contributed by atoms with Gasteiger partial charge in [0.1, 0.15) is 24.4 Å². The second-order valence-electron chi connectivity index (χ2n) is 3.67. The van der Waals surface area contributed by atoms with Crippen molar-refractivity contribution in [2.45, 2.75) is 75.8 Å². The summed E-state index contributed by atoms with van der Waals surface area (Å²) in [5.41, 5.74) is 0. The molecule has 1 aliphatic heterocycles. The predicted octanol–water partition coefficient (Wildman–Crippen LogP) is 0.163. The van der Waals surface area contributed by atoms with Crippen LogP contribution in [0.5, 0.6) is 0 Å². The van der Waals surface area contributed by atoms with Gasteiger partial charge in [0.25, 0.3) is 0 Å². The Morgan fingerprint density at radius 3 is 2.45 bits per heavy atom. The topological polar surface area (TPSA) is 99.4 Å². The summed E-state index contributed by atoms with van der Waals surface area (Å²) < 4.78 is 141. The molecule has 0 spiro atoms. The lowest BCUT2D eigenvalue weighted by Crippen LogP contribution is -2.59. The number of hydrogen-bond donors (Lipinski definition) is 4. The molecule has 0 aromatic carbocycles. The zero-order valence-electron chi connectivity index (χ0n) is 27.2. The minimum atomic E-state index is -4.52. The molecule has 0 radical (unpaired) electrons. The molecule has 6 nitrogen and oxygen atoms in total. The van der Waals surface area contributed by atoms with E-state index in [4.69, 9.17) is 28.0 Å². The van der Waals surface area contributed by atoms with E-state index < -0.39 is 89.0 Å². The van der Waals surface area contributed by atoms with E-state index in [2.05, 4.69) is 4.74 Å². The molecule has 0 aromatic rings. The number of aliphatic hydroxyl groups is 4. The lowest BCUT2D eigenvalue weighted by Gasteiger charge is -2.39. The van der Waals surface area contributed by atoms with E-state index in [9.17, 15) is 20.4 Å². The third kappa shape index (κ3) is 5.27. The van der Waals surface area contributed by atoms with Crippen molar-refractivity contribution in [3.8, 4) is 0 Å². The van der Waals surface area contributed by atoms with E-state index in [0.717, 1.165) is 0 Å². The Balaban J connectivity index is 3.53. The van der Waals surface area contributed by atoms with E-state index in [1.807, 2.05) is 0 Å². The Morgan fingerprint density at radius 2 is 1.75 bits per heavy atom. The summed E-state index contributed by atoms with van der Waals surface area (Å²) >= 11 is 0. The normalized spacial score (nSPS) is 52.6. The van der Waals surface area contributed by atoms with Crippen LogP contribution in [-0.4, -0.2) is 64.3 Å². The fraction of sp³-hybridized carbons (Fsp3) is 1.00. The van der Waals surface area contributed by atoms with Crippen molar-refractivity contribution < 1.29 is 53.2 Å². The largest absolute Gasteiger partial charge is 0.394 e. The van der Waals surface area contributed by atoms with Crippen molar-refractivity contribution >= 4 is 0 Å². The fourth-order valence-corrected chi connectivity index (χ4v) is 1.40. The van der Waals surface area contributed by atoms with Gasteiger partial charge in [-0.3, -0.25) is 0 Å². The van der Waals surface area contributed by atoms with Crippen molar-refractivity contribution in [3.63, 3.8) is 0 Å². The zero-order valence-corrected chi connectivity index (χ0v) is 10.2. The van der Waals surface area contributed by atoms with Crippen LogP contribution in [0.3, 0.4) is 0 Å². The van der Waals surface area contributed by atoms with Crippen LogP contribution in [0, 0.1) is 0 Å². The molecule has 5 atom stereocenters. The van der Waals surface area contributed by atoms with E-state index in [0.29, 0.717) is 0 Å². The average Bonchev–Trinajstić information content (AvgIpc) is 2.72. The Bertz CT molecular complexity index is 813. The molecule has 0 aromatic heterocycles. The standard InChI is InChI=1S/C14H28O6/c1-2-3-4-5-6-7-8-19-14-13(18)12(17)11(16)10(9-15)20-14/h10-18H,2-9H2,1H3/t10-,11-,12+,13-,14-/m1/s1/i1D3,2D2,3D2,4D2,5D2,6D2,7D2,8D2. The molecule has 0 aliphatic carbocycles. The maximum Gasteiger partial charge on any atom is 0.186 e. The Hall–Kier alpha value is -0.240. The third-order valence-electron chi connectivity index (χ3n) is 2.39. The van der Waals surface area contributed by atoms with Crippen LogP contribution < -0.4 is 0 Å². The van der Waals surface area contributed by atoms with E-state index in [1.165, 1.54) is 0 Å². The van der Waals surface area contributed by atoms with Gasteiger partial charge in [-0.1, -0.05) is 38.7 Å². The molecule has 4 N–H and O–H groups in total. The SMILES string of the molecule is [2H]C([2H])([2H])C([2H])([2H])C([2H])([2H])C([2H])([2H])C([2H])([2H])C([2H])([2H])C([2H])([2H])C([2H])([2H])O[C@@H]1O[C@H](CO)[C@@H](O)[C@H](O)[C@H]1O. The van der Waals surface area contributed by atoms with E-state index in [1.54, 1.807) is 0 Å². The zero-order chi connectivity index (χ0) is 30.0. The van der Waals surface area contributed by atoms with Crippen LogP contribution in [0.15, 0.2) is 0 Å². The number of aliphatic hydroxyl groups excluding tert-OH is 4. The smallest absolute Gasteiger partial charge is 0.186 e. The first-order valence-corrected chi connectivity index (χ1v) is 5.49. The molecule has 0 saturated carbocycles. The lowest BCUT2D eigenvalue weighted by atomic mass is 9.99. The summed E-state index contributed by atoms with van der Waals surface area (Å²) in [5, 5.41) is 38.8. The quantitative estimate of drug-likeness (QED) is 0.484. The van der Waals surface area contributed by atoms with Gasteiger partial charge in [-0.25, -0.2) is 0 Å². The Morgan fingerprint density at radius 1 is 1.05 bits per heavy atom. The van der Waals surface area contributed by atoms with Gasteiger partial charge in [0.05, 0.1) is 9.35 Å². The maximum atomic E-state index is 10.0. The van der Waals surface area contributed by atoms with Gasteiger partial charge < -0.3 is 29.9 Å². The van der Waals surface area contributed by atoms with Crippen LogP contribution in [0.1, 0.15) is 68.4 Å². The molecule has 20 heavy (non-hydrogen) atoms. The maximum absolute atomic E-state index is 10.0. The predicted molar refractivity (Wildman–Crippen MR) is 73.1 cm³/mol. The molecule has 1 saturated heterocycles. The molecule has 1 aliphatic rings. The van der Waals surface area contributed by atoms with Crippen molar-refractivity contribution in [3.05, 3.63) is 0 Å². The molecule has 1 heterocycles. The van der Waals surface area contributed by atoms with Gasteiger partial charge in [-0.15, -0.1) is 0 Å². The summed E-state index contributed by atoms with van der Waals surface area (Å²) in [6, 6.07) is 0. The highest BCUT2D eigenvalue weighted by Crippen LogP contribution is 2.22. The van der Waals surface area contributed by atoms with Crippen molar-refractivity contribution in [1.82, 2.24) is 0 Å². The van der Waals surface area contributed by atoms with Crippen LogP contribution in [0.2, 0.25) is 0 Å². The molecule has 6 heteroatoms. The highest BCUT2D eigenvalue weighted by molar-refractivity contribution is 4.88. The molecule has 0 unspecified atom stereocenters. The Kier molecular flexibility index (Phi) is 2.48. The number of hydrogen-bond acceptors (Lipinski definition) is 6. The summed E-state index contributed by atoms with van der Waals surface area (Å²) in [4.78, 5) is 0. The van der Waals surface area contributed by atoms with Crippen LogP contribution in [0.25, 0.3) is 0 Å². The number of rotatable bonds is 9. The molecule has 1 rings (SSSR count). The van der Waals surface area contributed by atoms with Gasteiger partial charge >= 0.3 is 0 Å². The summed E-state index contributed by atoms with van der Waals surface area (Å²) in [6.45, 7) is -9.00. The van der Waals surface area contributed by atoms with Gasteiger partial charge in [0.2, 0.25) is 0 Å². The van der Waals surface area contributed by atoms with Crippen molar-refractivity contribution in [2.75, 3.05) is 13.2 Å². The van der Waals surface area contributed by atoms with Crippen molar-refractivity contribution in [1.29, 1.82) is 0 Å². The lowest BCUT2D eigenvalue weighted by molar-refractivity contribution is -0.301. The van der Waals surface area contributed by atoms with E-state index in [-0.39, 0.29) is 0 Å². The second-order valence-corrected chi connectivity index (χ2v) is 3.67. The molecular formula is C14H28O6.